The van der Waals surface area contributed by atoms with Gasteiger partial charge >= 0.3 is 0 Å². The Kier molecular flexibility index (Phi) is 32.2. The number of rotatable bonds is 0. The van der Waals surface area contributed by atoms with Crippen molar-refractivity contribution in [2.45, 2.75) is 74.1 Å². The standard InChI is InChI=1S/C7H12.3C2H6/c1-7-5-3-2-4-6-7;3*1-2/h5H,2-4,6H2,1H3;3*1-2H3. The third-order valence-corrected chi connectivity index (χ3v) is 1.52. The molecule has 0 saturated carbocycles. The van der Waals surface area contributed by atoms with Gasteiger partial charge < -0.3 is 0 Å². The second kappa shape index (κ2) is 22.6. The molecule has 0 nitrogen and oxygen atoms in total. The molecule has 0 atom stereocenters. The molecule has 82 valence electrons. The lowest BCUT2D eigenvalue weighted by molar-refractivity contribution is 0.702. The Hall–Kier alpha value is -0.260. The van der Waals surface area contributed by atoms with Crippen LogP contribution in [0.5, 0.6) is 0 Å². The first-order chi connectivity index (χ1) is 6.39. The average Bonchev–Trinajstić information content (AvgIpc) is 2.28. The molecular weight excluding hydrogens is 156 g/mol. The van der Waals surface area contributed by atoms with E-state index in [9.17, 15) is 0 Å². The van der Waals surface area contributed by atoms with Crippen LogP contribution >= 0.6 is 0 Å². The first-order valence-electron chi connectivity index (χ1n) is 6.05. The monoisotopic (exact) mass is 186 g/mol. The molecule has 0 aliphatic heterocycles. The van der Waals surface area contributed by atoms with Crippen molar-refractivity contribution in [1.29, 1.82) is 0 Å². The van der Waals surface area contributed by atoms with E-state index in [1.807, 2.05) is 41.5 Å². The quantitative estimate of drug-likeness (QED) is 0.433. The minimum Gasteiger partial charge on any atom is -0.0856 e. The molecule has 0 aromatic carbocycles. The van der Waals surface area contributed by atoms with Crippen LogP contribution in [0.15, 0.2) is 11.6 Å². The van der Waals surface area contributed by atoms with Crippen molar-refractivity contribution in [3.63, 3.8) is 0 Å². The highest BCUT2D eigenvalue weighted by Gasteiger charge is 1.95. The van der Waals surface area contributed by atoms with E-state index in [2.05, 4.69) is 13.0 Å². The fraction of sp³-hybridized carbons (Fsp3) is 0.846. The summed E-state index contributed by atoms with van der Waals surface area (Å²) in [6.07, 6.45) is 7.86. The molecule has 1 rings (SSSR count). The molecule has 13 heavy (non-hydrogen) atoms. The SMILES string of the molecule is CC.CC.CC.CC1=CCCCC1. The summed E-state index contributed by atoms with van der Waals surface area (Å²) in [5.41, 5.74) is 1.59. The summed E-state index contributed by atoms with van der Waals surface area (Å²) in [7, 11) is 0. The summed E-state index contributed by atoms with van der Waals surface area (Å²) in [5, 5.41) is 0. The van der Waals surface area contributed by atoms with Gasteiger partial charge in [-0.05, 0) is 32.6 Å². The fourth-order valence-electron chi connectivity index (χ4n) is 0.999. The molecule has 0 aromatic heterocycles. The van der Waals surface area contributed by atoms with Crippen LogP contribution < -0.4 is 0 Å². The van der Waals surface area contributed by atoms with Crippen LogP contribution in [0.1, 0.15) is 74.1 Å². The van der Waals surface area contributed by atoms with Crippen LogP contribution in [0, 0.1) is 0 Å². The van der Waals surface area contributed by atoms with Crippen LogP contribution in [0.4, 0.5) is 0 Å². The van der Waals surface area contributed by atoms with Crippen molar-refractivity contribution in [1.82, 2.24) is 0 Å². The van der Waals surface area contributed by atoms with Crippen molar-refractivity contribution < 1.29 is 0 Å². The van der Waals surface area contributed by atoms with Gasteiger partial charge in [-0.15, -0.1) is 0 Å². The molecule has 0 aromatic rings. The highest BCUT2D eigenvalue weighted by atomic mass is 14.0. The maximum absolute atomic E-state index is 2.35. The zero-order chi connectivity index (χ0) is 11.1. The van der Waals surface area contributed by atoms with Crippen molar-refractivity contribution in [3.05, 3.63) is 11.6 Å². The third kappa shape index (κ3) is 18.6. The van der Waals surface area contributed by atoms with Crippen LogP contribution in [0.25, 0.3) is 0 Å². The molecule has 0 heterocycles. The van der Waals surface area contributed by atoms with Gasteiger partial charge in [-0.3, -0.25) is 0 Å². The van der Waals surface area contributed by atoms with E-state index in [0.29, 0.717) is 0 Å². The van der Waals surface area contributed by atoms with Crippen molar-refractivity contribution >= 4 is 0 Å². The van der Waals surface area contributed by atoms with E-state index in [1.165, 1.54) is 25.7 Å². The Morgan fingerprint density at radius 3 is 1.46 bits per heavy atom. The summed E-state index contributed by atoms with van der Waals surface area (Å²) in [5.74, 6) is 0. The van der Waals surface area contributed by atoms with E-state index in [0.717, 1.165) is 0 Å². The average molecular weight is 186 g/mol. The second-order valence-corrected chi connectivity index (χ2v) is 2.30. The van der Waals surface area contributed by atoms with Crippen LogP contribution in [0.3, 0.4) is 0 Å². The zero-order valence-corrected chi connectivity index (χ0v) is 10.9. The summed E-state index contributed by atoms with van der Waals surface area (Å²) in [6.45, 7) is 14.2. The predicted molar refractivity (Wildman–Crippen MR) is 66.3 cm³/mol. The van der Waals surface area contributed by atoms with E-state index < -0.39 is 0 Å². The van der Waals surface area contributed by atoms with Gasteiger partial charge in [0.25, 0.3) is 0 Å². The van der Waals surface area contributed by atoms with Crippen molar-refractivity contribution in [3.8, 4) is 0 Å². The minimum absolute atomic E-state index is 1.33. The van der Waals surface area contributed by atoms with E-state index >= 15 is 0 Å². The topological polar surface area (TPSA) is 0 Å². The maximum atomic E-state index is 2.35. The number of hydrogen-bond acceptors (Lipinski definition) is 0. The molecule has 0 amide bonds. The van der Waals surface area contributed by atoms with Crippen LogP contribution in [-0.4, -0.2) is 0 Å². The Balaban J connectivity index is -0.000000144. The summed E-state index contributed by atoms with van der Waals surface area (Å²) < 4.78 is 0. The smallest absolute Gasteiger partial charge is 0.0323 e. The van der Waals surface area contributed by atoms with Crippen LogP contribution in [0.2, 0.25) is 0 Å². The zero-order valence-electron chi connectivity index (χ0n) is 10.9. The van der Waals surface area contributed by atoms with Crippen LogP contribution in [-0.2, 0) is 0 Å². The summed E-state index contributed by atoms with van der Waals surface area (Å²) in [4.78, 5) is 0. The summed E-state index contributed by atoms with van der Waals surface area (Å²) in [6, 6.07) is 0. The van der Waals surface area contributed by atoms with Crippen molar-refractivity contribution in [2.24, 2.45) is 0 Å². The molecular formula is C13H30. The highest BCUT2D eigenvalue weighted by molar-refractivity contribution is 5.00. The molecule has 0 heteroatoms. The second-order valence-electron chi connectivity index (χ2n) is 2.30. The van der Waals surface area contributed by atoms with Gasteiger partial charge in [0.15, 0.2) is 0 Å². The van der Waals surface area contributed by atoms with Gasteiger partial charge in [0, 0.05) is 0 Å². The molecule has 1 aliphatic carbocycles. The number of hydrogen-bond donors (Lipinski definition) is 0. The Morgan fingerprint density at radius 1 is 0.846 bits per heavy atom. The van der Waals surface area contributed by atoms with E-state index in [-0.39, 0.29) is 0 Å². The lowest BCUT2D eigenvalue weighted by Gasteiger charge is -2.05. The normalized spacial score (nSPS) is 13.0. The first kappa shape index (κ1) is 18.5. The molecule has 0 bridgehead atoms. The maximum Gasteiger partial charge on any atom is -0.0323 e. The molecule has 0 unspecified atom stereocenters. The third-order valence-electron chi connectivity index (χ3n) is 1.52. The lowest BCUT2D eigenvalue weighted by Crippen LogP contribution is -1.85. The first-order valence-corrected chi connectivity index (χ1v) is 6.05. The fourth-order valence-corrected chi connectivity index (χ4v) is 0.999. The summed E-state index contributed by atoms with van der Waals surface area (Å²) >= 11 is 0. The van der Waals surface area contributed by atoms with E-state index in [1.54, 1.807) is 5.57 Å². The van der Waals surface area contributed by atoms with Gasteiger partial charge in [-0.1, -0.05) is 53.2 Å². The largest absolute Gasteiger partial charge is 0.0856 e. The van der Waals surface area contributed by atoms with Gasteiger partial charge in [-0.25, -0.2) is 0 Å². The van der Waals surface area contributed by atoms with Gasteiger partial charge in [0.05, 0.1) is 0 Å². The molecule has 0 radical (unpaired) electrons. The van der Waals surface area contributed by atoms with Gasteiger partial charge in [-0.2, -0.15) is 0 Å². The van der Waals surface area contributed by atoms with Crippen molar-refractivity contribution in [2.75, 3.05) is 0 Å². The Morgan fingerprint density at radius 2 is 1.31 bits per heavy atom. The van der Waals surface area contributed by atoms with E-state index in [4.69, 9.17) is 0 Å². The Labute approximate surface area is 86.4 Å². The molecule has 0 spiro atoms. The minimum atomic E-state index is 1.33. The molecule has 0 fully saturated rings. The Bertz CT molecular complexity index is 80.0. The number of allylic oxidation sites excluding steroid dienone is 2. The van der Waals surface area contributed by atoms with Gasteiger partial charge in [0.2, 0.25) is 0 Å². The van der Waals surface area contributed by atoms with Gasteiger partial charge in [0.1, 0.15) is 0 Å². The predicted octanol–water partition coefficient (Wildman–Crippen LogP) is 5.59. The molecule has 1 aliphatic rings. The molecule has 0 N–H and O–H groups in total. The lowest BCUT2D eigenvalue weighted by atomic mass is 10.0. The molecule has 0 saturated heterocycles. The highest BCUT2D eigenvalue weighted by Crippen LogP contribution is 2.15.